The molecule has 1 spiro atoms. The number of fused-ring (bicyclic) bond motifs is 2. The highest BCUT2D eigenvalue weighted by molar-refractivity contribution is 7.16. The normalized spacial score (nSPS) is 17.0. The molecular weight excluding hydrogens is 423 g/mol. The second-order valence-electron chi connectivity index (χ2n) is 6.74. The molecule has 3 N–H and O–H groups in total. The summed E-state index contributed by atoms with van der Waals surface area (Å²) in [4.78, 5) is 34.9. The second-order valence-corrected chi connectivity index (χ2v) is 8.04. The van der Waals surface area contributed by atoms with E-state index in [0.29, 0.717) is 5.82 Å². The molecule has 0 atom stereocenters. The zero-order valence-corrected chi connectivity index (χ0v) is 16.9. The molecule has 3 aromatic heterocycles. The van der Waals surface area contributed by atoms with E-state index in [-0.39, 0.29) is 40.3 Å². The number of nitrogens with zero attached hydrogens (tertiary/aromatic N) is 3. The average Bonchev–Trinajstić information content (AvgIpc) is 3.29. The van der Waals surface area contributed by atoms with Gasteiger partial charge in [-0.05, 0) is 43.2 Å². The standard InChI is InChI=1S/C17H15ClN6O2S.ClH/c18-10-7-11(21-13-9-3-6-27-15(9)20-8-19-13)16(26)24-12(10)14(25)22-17(23-24)4-1-2-5-17;/h3,6-8,23H,1-2,4-5H2,(H,22,25)(H,19,20,21);1H. The predicted molar refractivity (Wildman–Crippen MR) is 112 cm³/mol. The molecule has 1 saturated carbocycles. The van der Waals surface area contributed by atoms with E-state index in [9.17, 15) is 9.59 Å². The first-order valence-electron chi connectivity index (χ1n) is 8.58. The number of hydrogen-bond acceptors (Lipinski definition) is 7. The van der Waals surface area contributed by atoms with Crippen LogP contribution in [-0.2, 0) is 0 Å². The summed E-state index contributed by atoms with van der Waals surface area (Å²) in [7, 11) is 0. The van der Waals surface area contributed by atoms with Gasteiger partial charge in [0.05, 0.1) is 10.4 Å². The van der Waals surface area contributed by atoms with E-state index in [1.54, 1.807) is 0 Å². The maximum atomic E-state index is 13.1. The lowest BCUT2D eigenvalue weighted by Gasteiger charge is -2.38. The molecule has 1 aliphatic heterocycles. The molecule has 0 unspecified atom stereocenters. The number of halogens is 2. The van der Waals surface area contributed by atoms with Crippen LogP contribution in [0.25, 0.3) is 10.2 Å². The smallest absolute Gasteiger partial charge is 0.293 e. The lowest BCUT2D eigenvalue weighted by atomic mass is 10.1. The molecular formula is C17H16Cl2N6O2S. The molecule has 0 saturated heterocycles. The van der Waals surface area contributed by atoms with Gasteiger partial charge >= 0.3 is 0 Å². The number of amides is 1. The highest BCUT2D eigenvalue weighted by Crippen LogP contribution is 2.32. The van der Waals surface area contributed by atoms with E-state index >= 15 is 0 Å². The van der Waals surface area contributed by atoms with Gasteiger partial charge in [-0.3, -0.25) is 15.0 Å². The Morgan fingerprint density at radius 3 is 2.82 bits per heavy atom. The Morgan fingerprint density at radius 1 is 1.25 bits per heavy atom. The summed E-state index contributed by atoms with van der Waals surface area (Å²) >= 11 is 7.83. The van der Waals surface area contributed by atoms with Crippen molar-refractivity contribution in [3.63, 3.8) is 0 Å². The summed E-state index contributed by atoms with van der Waals surface area (Å²) in [6, 6.07) is 3.35. The lowest BCUT2D eigenvalue weighted by Crippen LogP contribution is -2.62. The van der Waals surface area contributed by atoms with Gasteiger partial charge in [-0.25, -0.2) is 14.6 Å². The van der Waals surface area contributed by atoms with E-state index in [0.717, 1.165) is 35.9 Å². The quantitative estimate of drug-likeness (QED) is 0.567. The Balaban J connectivity index is 0.00000192. The Hall–Kier alpha value is -2.36. The third-order valence-corrected chi connectivity index (χ3v) is 6.13. The first-order chi connectivity index (χ1) is 13.1. The summed E-state index contributed by atoms with van der Waals surface area (Å²) in [6.45, 7) is 0. The van der Waals surface area contributed by atoms with Crippen LogP contribution in [0.5, 0.6) is 0 Å². The highest BCUT2D eigenvalue weighted by atomic mass is 35.5. The van der Waals surface area contributed by atoms with Crippen molar-refractivity contribution in [3.05, 3.63) is 44.9 Å². The van der Waals surface area contributed by atoms with Crippen molar-refractivity contribution in [3.8, 4) is 0 Å². The summed E-state index contributed by atoms with van der Waals surface area (Å²) in [5.74, 6) is 0.178. The van der Waals surface area contributed by atoms with Gasteiger partial charge < -0.3 is 10.6 Å². The SMILES string of the molecule is Cl.O=C1NC2(CCCC2)Nn2c1c(Cl)cc(Nc1ncnc3sccc13)c2=O. The third-order valence-electron chi connectivity index (χ3n) is 5.02. The monoisotopic (exact) mass is 438 g/mol. The van der Waals surface area contributed by atoms with Gasteiger partial charge in [0.15, 0.2) is 0 Å². The van der Waals surface area contributed by atoms with Crippen molar-refractivity contribution >= 4 is 63.0 Å². The van der Waals surface area contributed by atoms with Crippen molar-refractivity contribution in [1.29, 1.82) is 0 Å². The number of anilines is 2. The van der Waals surface area contributed by atoms with E-state index in [4.69, 9.17) is 11.6 Å². The average molecular weight is 439 g/mol. The fourth-order valence-electron chi connectivity index (χ4n) is 3.74. The molecule has 2 aliphatic rings. The summed E-state index contributed by atoms with van der Waals surface area (Å²) < 4.78 is 1.26. The van der Waals surface area contributed by atoms with Gasteiger partial charge in [-0.1, -0.05) is 11.6 Å². The number of pyridine rings is 1. The van der Waals surface area contributed by atoms with Crippen LogP contribution in [0.3, 0.4) is 0 Å². The van der Waals surface area contributed by atoms with E-state index in [1.807, 2.05) is 11.4 Å². The van der Waals surface area contributed by atoms with Crippen LogP contribution >= 0.6 is 35.3 Å². The summed E-state index contributed by atoms with van der Waals surface area (Å²) in [6.07, 6.45) is 4.95. The third kappa shape index (κ3) is 2.90. The van der Waals surface area contributed by atoms with Crippen molar-refractivity contribution in [1.82, 2.24) is 20.0 Å². The molecule has 146 valence electrons. The van der Waals surface area contributed by atoms with Crippen LogP contribution in [0.2, 0.25) is 5.02 Å². The Bertz CT molecular complexity index is 1140. The van der Waals surface area contributed by atoms with E-state index in [1.165, 1.54) is 28.4 Å². The first-order valence-corrected chi connectivity index (χ1v) is 9.84. The highest BCUT2D eigenvalue weighted by Gasteiger charge is 2.41. The molecule has 0 radical (unpaired) electrons. The molecule has 3 aromatic rings. The Morgan fingerprint density at radius 2 is 2.04 bits per heavy atom. The van der Waals surface area contributed by atoms with Crippen LogP contribution in [0.15, 0.2) is 28.6 Å². The lowest BCUT2D eigenvalue weighted by molar-refractivity contribution is 0.0869. The molecule has 1 amide bonds. The molecule has 28 heavy (non-hydrogen) atoms. The molecule has 8 nitrogen and oxygen atoms in total. The van der Waals surface area contributed by atoms with E-state index < -0.39 is 5.66 Å². The zero-order valence-electron chi connectivity index (χ0n) is 14.5. The van der Waals surface area contributed by atoms with Crippen LogP contribution in [-0.4, -0.2) is 26.2 Å². The molecule has 5 rings (SSSR count). The molecule has 0 bridgehead atoms. The number of aromatic nitrogens is 3. The van der Waals surface area contributed by atoms with Gasteiger partial charge in [-0.15, -0.1) is 23.7 Å². The van der Waals surface area contributed by atoms with Gasteiger partial charge in [0, 0.05) is 0 Å². The van der Waals surface area contributed by atoms with Crippen molar-refractivity contribution in [2.24, 2.45) is 0 Å². The number of nitrogens with one attached hydrogen (secondary N) is 3. The minimum Gasteiger partial charge on any atom is -0.335 e. The number of rotatable bonds is 2. The molecule has 0 aromatic carbocycles. The van der Waals surface area contributed by atoms with E-state index in [2.05, 4.69) is 26.0 Å². The van der Waals surface area contributed by atoms with Gasteiger partial charge in [-0.2, -0.15) is 0 Å². The maximum absolute atomic E-state index is 13.1. The minimum absolute atomic E-state index is 0. The van der Waals surface area contributed by atoms with Gasteiger partial charge in [0.2, 0.25) is 0 Å². The number of hydrogen-bond donors (Lipinski definition) is 3. The van der Waals surface area contributed by atoms with Gasteiger partial charge in [0.25, 0.3) is 11.5 Å². The fraction of sp³-hybridized carbons (Fsp3) is 0.294. The largest absolute Gasteiger partial charge is 0.335 e. The van der Waals surface area contributed by atoms with Crippen LogP contribution in [0, 0.1) is 0 Å². The Kier molecular flexibility index (Phi) is 4.68. The fourth-order valence-corrected chi connectivity index (χ4v) is 4.76. The Labute approximate surface area is 174 Å². The molecule has 1 fully saturated rings. The summed E-state index contributed by atoms with van der Waals surface area (Å²) in [5, 5.41) is 8.94. The number of thiophene rings is 1. The van der Waals surface area contributed by atoms with Crippen molar-refractivity contribution in [2.45, 2.75) is 31.3 Å². The minimum atomic E-state index is -0.592. The van der Waals surface area contributed by atoms with Crippen molar-refractivity contribution < 1.29 is 4.79 Å². The molecule has 4 heterocycles. The van der Waals surface area contributed by atoms with Crippen molar-refractivity contribution in [2.75, 3.05) is 10.7 Å². The molecule has 11 heteroatoms. The van der Waals surface area contributed by atoms with Crippen LogP contribution in [0.1, 0.15) is 36.2 Å². The van der Waals surface area contributed by atoms with Crippen LogP contribution < -0.4 is 21.6 Å². The first kappa shape index (κ1) is 19.0. The number of carbonyl (C=O) groups excluding carboxylic acids is 1. The maximum Gasteiger partial charge on any atom is 0.293 e. The predicted octanol–water partition coefficient (Wildman–Crippen LogP) is 3.23. The summed E-state index contributed by atoms with van der Waals surface area (Å²) in [5.41, 5.74) is 2.58. The van der Waals surface area contributed by atoms with Gasteiger partial charge in [0.1, 0.15) is 34.0 Å². The molecule has 1 aliphatic carbocycles. The zero-order chi connectivity index (χ0) is 18.6. The second kappa shape index (κ2) is 6.91. The number of carbonyl (C=O) groups is 1. The van der Waals surface area contributed by atoms with Crippen LogP contribution in [0.4, 0.5) is 11.5 Å². The topological polar surface area (TPSA) is 101 Å².